The summed E-state index contributed by atoms with van der Waals surface area (Å²) in [5, 5.41) is 5.48. The molecule has 0 aromatic heterocycles. The minimum Gasteiger partial charge on any atom is -0.381 e. The molecule has 1 aromatic rings. The predicted molar refractivity (Wildman–Crippen MR) is 80.2 cm³/mol. The number of benzene rings is 1. The number of carbonyl (C=O) groups excluding carboxylic acids is 1. The lowest BCUT2D eigenvalue weighted by atomic mass is 10.1. The topological polar surface area (TPSA) is 84.5 Å². The Hall–Kier alpha value is -1.60. The summed E-state index contributed by atoms with van der Waals surface area (Å²) in [6, 6.07) is 6.03. The number of urea groups is 1. The fourth-order valence-corrected chi connectivity index (χ4v) is 3.13. The van der Waals surface area contributed by atoms with E-state index in [9.17, 15) is 13.2 Å². The highest BCUT2D eigenvalue weighted by atomic mass is 32.2. The quantitative estimate of drug-likeness (QED) is 0.891. The first-order valence-electron chi connectivity index (χ1n) is 6.91. The lowest BCUT2D eigenvalue weighted by Gasteiger charge is -2.17. The molecule has 1 saturated heterocycles. The Morgan fingerprint density at radius 2 is 2.00 bits per heavy atom. The van der Waals surface area contributed by atoms with Crippen molar-refractivity contribution in [3.05, 3.63) is 24.3 Å². The molecule has 1 unspecified atom stereocenters. The first kappa shape index (κ1) is 15.8. The Morgan fingerprint density at radius 1 is 1.24 bits per heavy atom. The van der Waals surface area contributed by atoms with Crippen LogP contribution in [0.3, 0.4) is 0 Å². The minimum absolute atomic E-state index is 0.0536. The number of ether oxygens (including phenoxy) is 1. The van der Waals surface area contributed by atoms with Gasteiger partial charge in [-0.1, -0.05) is 12.1 Å². The molecular weight excluding hydrogens is 292 g/mol. The minimum atomic E-state index is -3.38. The maximum Gasteiger partial charge on any atom is 0.319 e. The van der Waals surface area contributed by atoms with Crippen LogP contribution in [0.25, 0.3) is 0 Å². The second kappa shape index (κ2) is 6.91. The van der Waals surface area contributed by atoms with Crippen LogP contribution in [0.1, 0.15) is 19.3 Å². The Balaban J connectivity index is 2.03. The van der Waals surface area contributed by atoms with Crippen molar-refractivity contribution in [1.82, 2.24) is 5.32 Å². The Labute approximate surface area is 124 Å². The van der Waals surface area contributed by atoms with Crippen LogP contribution in [0.2, 0.25) is 0 Å². The molecule has 2 amide bonds. The van der Waals surface area contributed by atoms with Gasteiger partial charge in [-0.05, 0) is 31.4 Å². The third-order valence-corrected chi connectivity index (χ3v) is 4.48. The van der Waals surface area contributed by atoms with Gasteiger partial charge in [-0.2, -0.15) is 0 Å². The number of hydrogen-bond donors (Lipinski definition) is 2. The summed E-state index contributed by atoms with van der Waals surface area (Å²) in [4.78, 5) is 12.1. The zero-order chi connectivity index (χ0) is 15.3. The van der Waals surface area contributed by atoms with Gasteiger partial charge in [0.2, 0.25) is 0 Å². The van der Waals surface area contributed by atoms with E-state index in [0.717, 1.165) is 32.1 Å². The molecule has 1 heterocycles. The van der Waals surface area contributed by atoms with Gasteiger partial charge in [0.1, 0.15) is 0 Å². The second-order valence-electron chi connectivity index (χ2n) is 5.11. The molecule has 1 aliphatic heterocycles. The number of rotatable bonds is 3. The van der Waals surface area contributed by atoms with E-state index in [1.165, 1.54) is 6.07 Å². The first-order chi connectivity index (χ1) is 9.97. The van der Waals surface area contributed by atoms with Crippen molar-refractivity contribution in [3.8, 4) is 0 Å². The van der Waals surface area contributed by atoms with Crippen molar-refractivity contribution in [2.24, 2.45) is 0 Å². The normalized spacial score (nSPS) is 19.6. The summed E-state index contributed by atoms with van der Waals surface area (Å²) >= 11 is 0. The van der Waals surface area contributed by atoms with E-state index in [-0.39, 0.29) is 10.9 Å². The number of anilines is 1. The van der Waals surface area contributed by atoms with Crippen molar-refractivity contribution >= 4 is 21.6 Å². The standard InChI is InChI=1S/C14H20N2O4S/c1-21(18,19)13-7-3-2-6-12(13)16-14(17)15-11-5-4-9-20-10-8-11/h2-3,6-7,11H,4-5,8-10H2,1H3,(H2,15,16,17). The molecule has 0 radical (unpaired) electrons. The number of nitrogens with one attached hydrogen (secondary N) is 2. The van der Waals surface area contributed by atoms with E-state index in [0.29, 0.717) is 12.3 Å². The van der Waals surface area contributed by atoms with Gasteiger partial charge in [0.05, 0.1) is 10.6 Å². The monoisotopic (exact) mass is 312 g/mol. The second-order valence-corrected chi connectivity index (χ2v) is 7.09. The van der Waals surface area contributed by atoms with Crippen molar-refractivity contribution in [2.75, 3.05) is 24.8 Å². The van der Waals surface area contributed by atoms with Crippen LogP contribution in [-0.4, -0.2) is 40.0 Å². The van der Waals surface area contributed by atoms with E-state index >= 15 is 0 Å². The summed E-state index contributed by atoms with van der Waals surface area (Å²) in [7, 11) is -3.38. The van der Waals surface area contributed by atoms with E-state index in [1.807, 2.05) is 0 Å². The molecule has 2 rings (SSSR count). The van der Waals surface area contributed by atoms with E-state index in [4.69, 9.17) is 4.74 Å². The zero-order valence-electron chi connectivity index (χ0n) is 12.0. The number of sulfone groups is 1. The van der Waals surface area contributed by atoms with Crippen LogP contribution in [0, 0.1) is 0 Å². The van der Waals surface area contributed by atoms with E-state index < -0.39 is 15.9 Å². The molecule has 0 bridgehead atoms. The smallest absolute Gasteiger partial charge is 0.319 e. The van der Waals surface area contributed by atoms with E-state index in [2.05, 4.69) is 10.6 Å². The van der Waals surface area contributed by atoms with Crippen molar-refractivity contribution in [3.63, 3.8) is 0 Å². The van der Waals surface area contributed by atoms with Crippen LogP contribution < -0.4 is 10.6 Å². The predicted octanol–water partition coefficient (Wildman–Crippen LogP) is 1.78. The van der Waals surface area contributed by atoms with Gasteiger partial charge in [0.25, 0.3) is 0 Å². The summed E-state index contributed by atoms with van der Waals surface area (Å²) < 4.78 is 28.7. The molecule has 7 heteroatoms. The average Bonchev–Trinajstić information content (AvgIpc) is 2.66. The number of amides is 2. The Morgan fingerprint density at radius 3 is 2.76 bits per heavy atom. The molecule has 116 valence electrons. The first-order valence-corrected chi connectivity index (χ1v) is 8.80. The molecule has 1 atom stereocenters. The SMILES string of the molecule is CS(=O)(=O)c1ccccc1NC(=O)NC1CCCOCC1. The maximum atomic E-state index is 12.0. The van der Waals surface area contributed by atoms with Gasteiger partial charge in [-0.3, -0.25) is 0 Å². The third-order valence-electron chi connectivity index (χ3n) is 3.32. The number of carbonyl (C=O) groups is 1. The molecule has 1 aromatic carbocycles. The van der Waals surface area contributed by atoms with Crippen LogP contribution >= 0.6 is 0 Å². The van der Waals surface area contributed by atoms with Gasteiger partial charge >= 0.3 is 6.03 Å². The van der Waals surface area contributed by atoms with Crippen molar-refractivity contribution in [1.29, 1.82) is 0 Å². The molecule has 1 aliphatic rings. The molecule has 0 aliphatic carbocycles. The van der Waals surface area contributed by atoms with Crippen LogP contribution in [0.5, 0.6) is 0 Å². The summed E-state index contributed by atoms with van der Waals surface area (Å²) in [6.07, 6.45) is 3.65. The molecule has 1 fully saturated rings. The summed E-state index contributed by atoms with van der Waals surface area (Å²) in [5.74, 6) is 0. The Bertz CT molecular complexity index is 593. The molecule has 0 saturated carbocycles. The summed E-state index contributed by atoms with van der Waals surface area (Å²) in [5.41, 5.74) is 0.294. The van der Waals surface area contributed by atoms with Crippen LogP contribution in [-0.2, 0) is 14.6 Å². The van der Waals surface area contributed by atoms with E-state index in [1.54, 1.807) is 18.2 Å². The van der Waals surface area contributed by atoms with Crippen LogP contribution in [0.4, 0.5) is 10.5 Å². The Kier molecular flexibility index (Phi) is 5.19. The van der Waals surface area contributed by atoms with Gasteiger partial charge in [-0.15, -0.1) is 0 Å². The largest absolute Gasteiger partial charge is 0.381 e. The van der Waals surface area contributed by atoms with Gasteiger partial charge < -0.3 is 15.4 Å². The molecule has 6 nitrogen and oxygen atoms in total. The van der Waals surface area contributed by atoms with Crippen molar-refractivity contribution < 1.29 is 17.9 Å². The van der Waals surface area contributed by atoms with Gasteiger partial charge in [-0.25, -0.2) is 13.2 Å². The number of para-hydroxylation sites is 1. The lowest BCUT2D eigenvalue weighted by Crippen LogP contribution is -2.38. The van der Waals surface area contributed by atoms with Gasteiger partial charge in [0, 0.05) is 25.5 Å². The zero-order valence-corrected chi connectivity index (χ0v) is 12.8. The molecule has 0 spiro atoms. The third kappa shape index (κ3) is 4.71. The van der Waals surface area contributed by atoms with Crippen molar-refractivity contribution in [2.45, 2.75) is 30.2 Å². The lowest BCUT2D eigenvalue weighted by molar-refractivity contribution is 0.143. The molecule has 2 N–H and O–H groups in total. The highest BCUT2D eigenvalue weighted by molar-refractivity contribution is 7.90. The van der Waals surface area contributed by atoms with Crippen LogP contribution in [0.15, 0.2) is 29.2 Å². The number of hydrogen-bond acceptors (Lipinski definition) is 4. The fraction of sp³-hybridized carbons (Fsp3) is 0.500. The highest BCUT2D eigenvalue weighted by Gasteiger charge is 2.17. The van der Waals surface area contributed by atoms with Gasteiger partial charge in [0.15, 0.2) is 9.84 Å². The average molecular weight is 312 g/mol. The fourth-order valence-electron chi connectivity index (χ4n) is 2.29. The molecule has 21 heavy (non-hydrogen) atoms. The maximum absolute atomic E-state index is 12.0. The summed E-state index contributed by atoms with van der Waals surface area (Å²) in [6.45, 7) is 1.35. The highest BCUT2D eigenvalue weighted by Crippen LogP contribution is 2.20. The molecular formula is C14H20N2O4S.